The van der Waals surface area contributed by atoms with Gasteiger partial charge < -0.3 is 24.9 Å². The Labute approximate surface area is 169 Å². The Bertz CT molecular complexity index is 1130. The van der Waals surface area contributed by atoms with Crippen LogP contribution >= 0.6 is 0 Å². The van der Waals surface area contributed by atoms with Crippen molar-refractivity contribution >= 4 is 22.6 Å². The largest absolute Gasteiger partial charge is 0.394 e. The number of carbonyl (C=O) groups is 1. The topological polar surface area (TPSA) is 143 Å². The first kappa shape index (κ1) is 20.0. The highest BCUT2D eigenvalue weighted by molar-refractivity contribution is 5.95. The maximum atomic E-state index is 12.3. The van der Waals surface area contributed by atoms with Crippen LogP contribution in [0.15, 0.2) is 59.5 Å². The number of fused-ring (bicyclic) bond motifs is 1. The van der Waals surface area contributed by atoms with Gasteiger partial charge in [0.2, 0.25) is 0 Å². The number of aromatic nitrogens is 2. The first-order valence-electron chi connectivity index (χ1n) is 9.15. The van der Waals surface area contributed by atoms with Crippen molar-refractivity contribution in [2.45, 2.75) is 24.5 Å². The van der Waals surface area contributed by atoms with Crippen LogP contribution in [0, 0.1) is 0 Å². The number of nitrogens with one attached hydrogen (secondary N) is 1. The van der Waals surface area contributed by atoms with Crippen molar-refractivity contribution in [1.82, 2.24) is 9.55 Å². The van der Waals surface area contributed by atoms with E-state index in [9.17, 15) is 19.8 Å². The molecule has 0 amide bonds. The molecule has 156 valence electrons. The molecule has 10 heteroatoms. The molecule has 4 atom stereocenters. The molecule has 0 unspecified atom stereocenters. The molecule has 0 bridgehead atoms. The van der Waals surface area contributed by atoms with Crippen LogP contribution in [0.25, 0.3) is 10.8 Å². The third-order valence-electron chi connectivity index (χ3n) is 4.85. The third-order valence-corrected chi connectivity index (χ3v) is 4.85. The molecule has 10 nitrogen and oxygen atoms in total. The van der Waals surface area contributed by atoms with Crippen molar-refractivity contribution < 1.29 is 29.7 Å². The predicted octanol–water partition coefficient (Wildman–Crippen LogP) is 0.192. The summed E-state index contributed by atoms with van der Waals surface area (Å²) in [5.41, 5.74) is 1.83. The first-order chi connectivity index (χ1) is 14.5. The average molecular weight is 413 g/mol. The molecule has 4 rings (SSSR count). The molecule has 1 fully saturated rings. The van der Waals surface area contributed by atoms with Crippen LogP contribution in [0.4, 0.5) is 5.82 Å². The SMILES string of the molecule is O=C(ONc1ccn([C@@H]2O[C@H](CO)[C@@H](O)[C@H]2O)c(=O)n1)c1ccc2ccccc2c1. The van der Waals surface area contributed by atoms with Gasteiger partial charge in [0.05, 0.1) is 12.2 Å². The van der Waals surface area contributed by atoms with Crippen LogP contribution in [0.2, 0.25) is 0 Å². The maximum absolute atomic E-state index is 12.3. The molecule has 0 radical (unpaired) electrons. The summed E-state index contributed by atoms with van der Waals surface area (Å²) in [6, 6.07) is 14.0. The molecule has 2 heterocycles. The molecule has 3 aromatic rings. The minimum absolute atomic E-state index is 0.0304. The van der Waals surface area contributed by atoms with E-state index in [2.05, 4.69) is 10.5 Å². The van der Waals surface area contributed by atoms with Crippen LogP contribution < -0.4 is 11.2 Å². The molecule has 4 N–H and O–H groups in total. The monoisotopic (exact) mass is 413 g/mol. The van der Waals surface area contributed by atoms with Gasteiger partial charge in [-0.15, -0.1) is 0 Å². The molecule has 0 spiro atoms. The molecule has 30 heavy (non-hydrogen) atoms. The minimum Gasteiger partial charge on any atom is -0.394 e. The first-order valence-corrected chi connectivity index (χ1v) is 9.15. The van der Waals surface area contributed by atoms with Gasteiger partial charge >= 0.3 is 11.7 Å². The van der Waals surface area contributed by atoms with E-state index >= 15 is 0 Å². The second-order valence-electron chi connectivity index (χ2n) is 6.78. The average Bonchev–Trinajstić information content (AvgIpc) is 3.05. The normalized spacial score (nSPS) is 23.4. The quantitative estimate of drug-likeness (QED) is 0.431. The fraction of sp³-hybridized carbons (Fsp3) is 0.250. The van der Waals surface area contributed by atoms with Gasteiger partial charge in [0.25, 0.3) is 0 Å². The molecule has 1 aliphatic heterocycles. The van der Waals surface area contributed by atoms with E-state index in [0.717, 1.165) is 15.3 Å². The highest BCUT2D eigenvalue weighted by Gasteiger charge is 2.43. The lowest BCUT2D eigenvalue weighted by molar-refractivity contribution is -0.0549. The summed E-state index contributed by atoms with van der Waals surface area (Å²) in [5, 5.41) is 30.9. The smallest absolute Gasteiger partial charge is 0.362 e. The van der Waals surface area contributed by atoms with Gasteiger partial charge in [-0.25, -0.2) is 9.59 Å². The summed E-state index contributed by atoms with van der Waals surface area (Å²) in [6.07, 6.45) is -3.70. The van der Waals surface area contributed by atoms with E-state index in [-0.39, 0.29) is 5.82 Å². The molecule has 0 saturated carbocycles. The van der Waals surface area contributed by atoms with E-state index < -0.39 is 42.8 Å². The number of benzene rings is 2. The molecule has 1 aromatic heterocycles. The van der Waals surface area contributed by atoms with Crippen molar-refractivity contribution in [3.05, 3.63) is 70.8 Å². The zero-order valence-corrected chi connectivity index (χ0v) is 15.6. The Morgan fingerprint density at radius 3 is 2.60 bits per heavy atom. The van der Waals surface area contributed by atoms with Crippen molar-refractivity contribution in [2.24, 2.45) is 0 Å². The number of nitrogens with zero attached hydrogens (tertiary/aromatic N) is 2. The Morgan fingerprint density at radius 2 is 1.90 bits per heavy atom. The third kappa shape index (κ3) is 3.76. The van der Waals surface area contributed by atoms with Crippen molar-refractivity contribution in [3.63, 3.8) is 0 Å². The zero-order valence-electron chi connectivity index (χ0n) is 15.6. The number of rotatable bonds is 5. The standard InChI is InChI=1S/C20H19N3O7/c24-10-14-16(25)17(26)18(29-14)23-8-7-15(21-20(23)28)22-30-19(27)13-6-5-11-3-1-2-4-12(11)9-13/h1-9,14,16-18,24-26H,10H2,(H,21,22,28)/t14-,16-,17-,18-/m1/s1. The number of hydrogen-bond acceptors (Lipinski definition) is 9. The lowest BCUT2D eigenvalue weighted by Gasteiger charge is -2.17. The van der Waals surface area contributed by atoms with Crippen LogP contribution in [0.5, 0.6) is 0 Å². The predicted molar refractivity (Wildman–Crippen MR) is 104 cm³/mol. The van der Waals surface area contributed by atoms with Crippen LogP contribution in [-0.4, -0.2) is 55.8 Å². The van der Waals surface area contributed by atoms with E-state index in [4.69, 9.17) is 14.7 Å². The van der Waals surface area contributed by atoms with Gasteiger partial charge in [-0.1, -0.05) is 30.3 Å². The molecular weight excluding hydrogens is 394 g/mol. The van der Waals surface area contributed by atoms with E-state index in [1.165, 1.54) is 12.3 Å². The summed E-state index contributed by atoms with van der Waals surface area (Å²) >= 11 is 0. The Morgan fingerprint density at radius 1 is 1.13 bits per heavy atom. The summed E-state index contributed by atoms with van der Waals surface area (Å²) in [7, 11) is 0. The summed E-state index contributed by atoms with van der Waals surface area (Å²) in [5.74, 6) is -0.688. The number of aliphatic hydroxyl groups is 3. The number of hydrogen-bond donors (Lipinski definition) is 4. The van der Waals surface area contributed by atoms with Gasteiger partial charge in [-0.05, 0) is 22.9 Å². The second kappa shape index (κ2) is 8.20. The zero-order chi connectivity index (χ0) is 21.3. The number of aliphatic hydroxyl groups excluding tert-OH is 3. The molecular formula is C20H19N3O7. The maximum Gasteiger partial charge on any atom is 0.362 e. The fourth-order valence-corrected chi connectivity index (χ4v) is 3.25. The highest BCUT2D eigenvalue weighted by Crippen LogP contribution is 2.28. The van der Waals surface area contributed by atoms with Gasteiger partial charge in [0.15, 0.2) is 12.0 Å². The van der Waals surface area contributed by atoms with Gasteiger partial charge in [0.1, 0.15) is 18.3 Å². The minimum atomic E-state index is -1.41. The highest BCUT2D eigenvalue weighted by atomic mass is 16.7. The molecule has 2 aromatic carbocycles. The Balaban J connectivity index is 1.44. The Kier molecular flexibility index (Phi) is 5.46. The Hall–Kier alpha value is -3.31. The van der Waals surface area contributed by atoms with E-state index in [1.54, 1.807) is 18.2 Å². The van der Waals surface area contributed by atoms with Crippen LogP contribution in [-0.2, 0) is 9.57 Å². The van der Waals surface area contributed by atoms with Crippen LogP contribution in [0.3, 0.4) is 0 Å². The summed E-state index contributed by atoms with van der Waals surface area (Å²) in [6.45, 7) is -0.513. The second-order valence-corrected chi connectivity index (χ2v) is 6.78. The fourth-order valence-electron chi connectivity index (χ4n) is 3.25. The van der Waals surface area contributed by atoms with E-state index in [0.29, 0.717) is 5.56 Å². The van der Waals surface area contributed by atoms with Crippen molar-refractivity contribution in [1.29, 1.82) is 0 Å². The van der Waals surface area contributed by atoms with Crippen LogP contribution in [0.1, 0.15) is 16.6 Å². The van der Waals surface area contributed by atoms with Crippen molar-refractivity contribution in [2.75, 3.05) is 12.1 Å². The molecule has 0 aliphatic carbocycles. The molecule has 1 aliphatic rings. The molecule has 1 saturated heterocycles. The number of anilines is 1. The van der Waals surface area contributed by atoms with Crippen molar-refractivity contribution in [3.8, 4) is 0 Å². The van der Waals surface area contributed by atoms with E-state index in [1.807, 2.05) is 24.3 Å². The lowest BCUT2D eigenvalue weighted by atomic mass is 10.1. The van der Waals surface area contributed by atoms with Gasteiger partial charge in [0, 0.05) is 12.3 Å². The number of carbonyl (C=O) groups excluding carboxylic acids is 1. The summed E-state index contributed by atoms with van der Waals surface area (Å²) in [4.78, 5) is 33.3. The lowest BCUT2D eigenvalue weighted by Crippen LogP contribution is -2.36. The van der Waals surface area contributed by atoms with Gasteiger partial charge in [-0.2, -0.15) is 10.5 Å². The van der Waals surface area contributed by atoms with Gasteiger partial charge in [-0.3, -0.25) is 4.57 Å². The summed E-state index contributed by atoms with van der Waals surface area (Å²) < 4.78 is 6.27. The number of ether oxygens (including phenoxy) is 1.